The van der Waals surface area contributed by atoms with Crippen LogP contribution < -0.4 is 10.2 Å². The van der Waals surface area contributed by atoms with Crippen LogP contribution in [0, 0.1) is 5.82 Å². The molecule has 0 radical (unpaired) electrons. The van der Waals surface area contributed by atoms with E-state index in [2.05, 4.69) is 5.32 Å². The predicted molar refractivity (Wildman–Crippen MR) is 109 cm³/mol. The highest BCUT2D eigenvalue weighted by Gasteiger charge is 2.20. The minimum absolute atomic E-state index is 0.224. The van der Waals surface area contributed by atoms with Gasteiger partial charge in [-0.2, -0.15) is 0 Å². The highest BCUT2D eigenvalue weighted by atomic mass is 32.1. The van der Waals surface area contributed by atoms with Crippen molar-refractivity contribution >= 4 is 39.1 Å². The van der Waals surface area contributed by atoms with Crippen molar-refractivity contribution in [3.8, 4) is 0 Å². The Morgan fingerprint density at radius 3 is 2.71 bits per heavy atom. The van der Waals surface area contributed by atoms with Gasteiger partial charge in [0.1, 0.15) is 11.4 Å². The minimum Gasteiger partial charge on any atom is -0.460 e. The van der Waals surface area contributed by atoms with Crippen molar-refractivity contribution < 1.29 is 23.5 Å². The lowest BCUT2D eigenvalue weighted by Gasteiger charge is -2.22. The Bertz CT molecular complexity index is 816. The molecule has 1 N–H and O–H groups in total. The van der Waals surface area contributed by atoms with Crippen LogP contribution in [0.4, 0.5) is 14.9 Å². The third-order valence-corrected chi connectivity index (χ3v) is 4.83. The average molecular weight is 411 g/mol. The predicted octanol–water partition coefficient (Wildman–Crippen LogP) is 4.32. The van der Waals surface area contributed by atoms with Crippen molar-refractivity contribution in [2.24, 2.45) is 0 Å². The maximum atomic E-state index is 14.0. The summed E-state index contributed by atoms with van der Waals surface area (Å²) in [5, 5.41) is 5.26. The SMILES string of the molecule is COCCN(C(=O)NCCCC(=O)OC(C)(C)C)c1csc2c(F)cccc12. The van der Waals surface area contributed by atoms with Gasteiger partial charge in [-0.15, -0.1) is 11.3 Å². The van der Waals surface area contributed by atoms with Crippen molar-refractivity contribution in [3.63, 3.8) is 0 Å². The maximum absolute atomic E-state index is 14.0. The Hall–Kier alpha value is -2.19. The number of urea groups is 1. The van der Waals surface area contributed by atoms with E-state index in [9.17, 15) is 14.0 Å². The molecule has 0 aliphatic carbocycles. The summed E-state index contributed by atoms with van der Waals surface area (Å²) in [5.41, 5.74) is 0.119. The fraction of sp³-hybridized carbons (Fsp3) is 0.500. The number of methoxy groups -OCH3 is 1. The fourth-order valence-electron chi connectivity index (χ4n) is 2.65. The van der Waals surface area contributed by atoms with Gasteiger partial charge in [-0.1, -0.05) is 12.1 Å². The summed E-state index contributed by atoms with van der Waals surface area (Å²) in [6, 6.07) is 4.50. The molecule has 28 heavy (non-hydrogen) atoms. The summed E-state index contributed by atoms with van der Waals surface area (Å²) in [6.07, 6.45) is 0.694. The number of esters is 1. The van der Waals surface area contributed by atoms with Crippen molar-refractivity contribution in [1.29, 1.82) is 0 Å². The van der Waals surface area contributed by atoms with Gasteiger partial charge in [0.05, 0.1) is 23.5 Å². The van der Waals surface area contributed by atoms with Gasteiger partial charge in [0, 0.05) is 30.8 Å². The zero-order chi connectivity index (χ0) is 20.7. The molecule has 1 heterocycles. The molecule has 0 spiro atoms. The number of thiophene rings is 1. The molecular weight excluding hydrogens is 383 g/mol. The number of benzene rings is 1. The highest BCUT2D eigenvalue weighted by Crippen LogP contribution is 2.34. The van der Waals surface area contributed by atoms with Crippen molar-refractivity contribution in [1.82, 2.24) is 5.32 Å². The molecule has 0 fully saturated rings. The van der Waals surface area contributed by atoms with Crippen LogP contribution in [0.1, 0.15) is 33.6 Å². The zero-order valence-electron chi connectivity index (χ0n) is 16.7. The number of ether oxygens (including phenoxy) is 2. The van der Waals surface area contributed by atoms with Crippen molar-refractivity contribution in [2.45, 2.75) is 39.2 Å². The molecule has 0 aliphatic heterocycles. The summed E-state index contributed by atoms with van der Waals surface area (Å²) < 4.78 is 24.8. The van der Waals surface area contributed by atoms with Gasteiger partial charge in [-0.05, 0) is 33.3 Å². The number of anilines is 1. The van der Waals surface area contributed by atoms with Gasteiger partial charge in [0.15, 0.2) is 0 Å². The average Bonchev–Trinajstić information content (AvgIpc) is 3.03. The lowest BCUT2D eigenvalue weighted by Crippen LogP contribution is -2.42. The number of rotatable bonds is 8. The molecular formula is C20H27FN2O4S. The molecule has 2 rings (SSSR count). The summed E-state index contributed by atoms with van der Waals surface area (Å²) in [4.78, 5) is 26.0. The second-order valence-corrected chi connectivity index (χ2v) is 8.18. The normalized spacial score (nSPS) is 11.5. The van der Waals surface area contributed by atoms with Gasteiger partial charge < -0.3 is 14.8 Å². The number of fused-ring (bicyclic) bond motifs is 1. The van der Waals surface area contributed by atoms with Gasteiger partial charge in [0.25, 0.3) is 0 Å². The fourth-order valence-corrected chi connectivity index (χ4v) is 3.61. The van der Waals surface area contributed by atoms with Gasteiger partial charge in [-0.25, -0.2) is 9.18 Å². The molecule has 0 saturated heterocycles. The molecule has 2 amide bonds. The number of carbonyl (C=O) groups excluding carboxylic acids is 2. The second kappa shape index (κ2) is 9.84. The zero-order valence-corrected chi connectivity index (χ0v) is 17.5. The Balaban J connectivity index is 1.99. The molecule has 8 heteroatoms. The van der Waals surface area contributed by atoms with E-state index in [0.29, 0.717) is 41.9 Å². The van der Waals surface area contributed by atoms with E-state index < -0.39 is 5.60 Å². The highest BCUT2D eigenvalue weighted by molar-refractivity contribution is 7.17. The smallest absolute Gasteiger partial charge is 0.321 e. The Morgan fingerprint density at radius 1 is 1.29 bits per heavy atom. The van der Waals surface area contributed by atoms with Crippen LogP contribution in [-0.4, -0.2) is 44.4 Å². The molecule has 0 saturated carbocycles. The number of nitrogens with zero attached hydrogens (tertiary/aromatic N) is 1. The molecule has 6 nitrogen and oxygen atoms in total. The van der Waals surface area contributed by atoms with Gasteiger partial charge in [-0.3, -0.25) is 9.69 Å². The maximum Gasteiger partial charge on any atom is 0.321 e. The third kappa shape index (κ3) is 6.17. The summed E-state index contributed by atoms with van der Waals surface area (Å²) in [6.45, 7) is 6.45. The van der Waals surface area contributed by atoms with E-state index >= 15 is 0 Å². The summed E-state index contributed by atoms with van der Waals surface area (Å²) >= 11 is 1.26. The third-order valence-electron chi connectivity index (χ3n) is 3.84. The first-order valence-electron chi connectivity index (χ1n) is 9.15. The Morgan fingerprint density at radius 2 is 2.04 bits per heavy atom. The Labute approximate surface area is 168 Å². The van der Waals surface area contributed by atoms with E-state index in [0.717, 1.165) is 0 Å². The van der Waals surface area contributed by atoms with Crippen LogP contribution in [0.3, 0.4) is 0 Å². The number of hydrogen-bond acceptors (Lipinski definition) is 5. The van der Waals surface area contributed by atoms with Gasteiger partial charge >= 0.3 is 12.0 Å². The van der Waals surface area contributed by atoms with E-state index in [1.54, 1.807) is 24.6 Å². The first kappa shape index (κ1) is 22.1. The van der Waals surface area contributed by atoms with Crippen LogP contribution in [0.15, 0.2) is 23.6 Å². The lowest BCUT2D eigenvalue weighted by atomic mass is 10.2. The molecule has 0 bridgehead atoms. The van der Waals surface area contributed by atoms with Crippen LogP contribution in [0.2, 0.25) is 0 Å². The van der Waals surface area contributed by atoms with Crippen molar-refractivity contribution in [3.05, 3.63) is 29.4 Å². The molecule has 1 aromatic carbocycles. The van der Waals surface area contributed by atoms with Crippen molar-refractivity contribution in [2.75, 3.05) is 31.7 Å². The molecule has 1 aromatic heterocycles. The summed E-state index contributed by atoms with van der Waals surface area (Å²) in [7, 11) is 1.56. The van der Waals surface area contributed by atoms with Crippen LogP contribution in [0.25, 0.3) is 10.1 Å². The van der Waals surface area contributed by atoms with Crippen LogP contribution in [-0.2, 0) is 14.3 Å². The van der Waals surface area contributed by atoms with Crippen LogP contribution >= 0.6 is 11.3 Å². The first-order valence-corrected chi connectivity index (χ1v) is 10.0. The standard InChI is InChI=1S/C20H27FN2O4S/c1-20(2,3)27-17(24)9-6-10-22-19(25)23(11-12-26-4)16-13-28-18-14(16)7-5-8-15(18)21/h5,7-8,13H,6,9-12H2,1-4H3,(H,22,25). The first-order chi connectivity index (χ1) is 13.2. The van der Waals surface area contributed by atoms with Gasteiger partial charge in [0.2, 0.25) is 0 Å². The van der Waals surface area contributed by atoms with E-state index in [1.807, 2.05) is 20.8 Å². The summed E-state index contributed by atoms with van der Waals surface area (Å²) in [5.74, 6) is -0.601. The van der Waals surface area contributed by atoms with E-state index in [4.69, 9.17) is 9.47 Å². The molecule has 0 aliphatic rings. The number of carbonyl (C=O) groups is 2. The number of amides is 2. The quantitative estimate of drug-likeness (QED) is 0.520. The lowest BCUT2D eigenvalue weighted by molar-refractivity contribution is -0.154. The van der Waals surface area contributed by atoms with E-state index in [1.165, 1.54) is 22.3 Å². The number of nitrogens with one attached hydrogen (secondary N) is 1. The number of hydrogen-bond donors (Lipinski definition) is 1. The van der Waals surface area contributed by atoms with Crippen LogP contribution in [0.5, 0.6) is 0 Å². The Kier molecular flexibility index (Phi) is 7.77. The second-order valence-electron chi connectivity index (χ2n) is 7.30. The van der Waals surface area contributed by atoms with E-state index in [-0.39, 0.29) is 24.2 Å². The minimum atomic E-state index is -0.521. The molecule has 0 unspecified atom stereocenters. The topological polar surface area (TPSA) is 67.9 Å². The molecule has 154 valence electrons. The molecule has 0 atom stereocenters. The largest absolute Gasteiger partial charge is 0.460 e. The monoisotopic (exact) mass is 410 g/mol. The molecule has 2 aromatic rings. The number of halogens is 1.